The molecule has 1 aliphatic rings. The maximum Gasteiger partial charge on any atom is 0.0992 e. The minimum absolute atomic E-state index is 0.501. The molecular formula is C22H19N3. The van der Waals surface area contributed by atoms with Crippen LogP contribution in [0.4, 0.5) is 11.4 Å². The molecule has 0 fully saturated rings. The molecule has 0 aliphatic carbocycles. The monoisotopic (exact) mass is 325 g/mol. The van der Waals surface area contributed by atoms with Crippen molar-refractivity contribution in [1.29, 1.82) is 10.5 Å². The summed E-state index contributed by atoms with van der Waals surface area (Å²) < 4.78 is 0. The largest absolute Gasteiger partial charge is 0.337 e. The van der Waals surface area contributed by atoms with Crippen LogP contribution in [-0.2, 0) is 6.42 Å². The van der Waals surface area contributed by atoms with Crippen LogP contribution in [0.25, 0.3) is 0 Å². The van der Waals surface area contributed by atoms with Gasteiger partial charge in [0, 0.05) is 17.9 Å². The minimum Gasteiger partial charge on any atom is -0.337 e. The second-order valence-electron chi connectivity index (χ2n) is 6.21. The van der Waals surface area contributed by atoms with E-state index in [4.69, 9.17) is 0 Å². The number of allylic oxidation sites excluding steroid dienone is 3. The molecule has 0 saturated carbocycles. The first-order valence-electron chi connectivity index (χ1n) is 8.27. The highest BCUT2D eigenvalue weighted by molar-refractivity contribution is 5.70. The van der Waals surface area contributed by atoms with E-state index < -0.39 is 0 Å². The Balaban J connectivity index is 2.18. The third-order valence-electron chi connectivity index (χ3n) is 4.60. The molecule has 3 heteroatoms. The van der Waals surface area contributed by atoms with Gasteiger partial charge in [-0.25, -0.2) is 0 Å². The highest BCUT2D eigenvalue weighted by Gasteiger charge is 2.15. The molecule has 0 atom stereocenters. The standard InChI is InChI=1S/C22H19N3/c1-16-7-8-20-5-3-4-6-22(20)25(10-9-17(16)2)21-12-18(14-23)11-19(13-21)15-24/h3-7,9,11-13H,8,10H2,1-2H3. The number of fused-ring (bicyclic) bond motifs is 1. The van der Waals surface area contributed by atoms with Crippen molar-refractivity contribution in [1.82, 2.24) is 0 Å². The van der Waals surface area contributed by atoms with Crippen LogP contribution < -0.4 is 4.90 Å². The van der Waals surface area contributed by atoms with Gasteiger partial charge in [-0.1, -0.05) is 41.5 Å². The van der Waals surface area contributed by atoms with Gasteiger partial charge in [0.25, 0.3) is 0 Å². The first-order valence-corrected chi connectivity index (χ1v) is 8.27. The highest BCUT2D eigenvalue weighted by Crippen LogP contribution is 2.32. The van der Waals surface area contributed by atoms with Gasteiger partial charge in [0.1, 0.15) is 0 Å². The van der Waals surface area contributed by atoms with Gasteiger partial charge >= 0.3 is 0 Å². The molecule has 0 bridgehead atoms. The zero-order valence-electron chi connectivity index (χ0n) is 14.5. The molecule has 1 heterocycles. The summed E-state index contributed by atoms with van der Waals surface area (Å²) in [5.74, 6) is 0. The molecule has 1 aliphatic heterocycles. The minimum atomic E-state index is 0.501. The van der Waals surface area contributed by atoms with Crippen LogP contribution in [0.2, 0.25) is 0 Å². The topological polar surface area (TPSA) is 50.8 Å². The zero-order valence-corrected chi connectivity index (χ0v) is 14.5. The van der Waals surface area contributed by atoms with Crippen molar-refractivity contribution in [2.24, 2.45) is 0 Å². The quantitative estimate of drug-likeness (QED) is 0.740. The summed E-state index contributed by atoms with van der Waals surface area (Å²) in [6.45, 7) is 4.94. The van der Waals surface area contributed by atoms with Gasteiger partial charge in [-0.15, -0.1) is 0 Å². The van der Waals surface area contributed by atoms with Crippen molar-refractivity contribution >= 4 is 11.4 Å². The molecule has 0 radical (unpaired) electrons. The van der Waals surface area contributed by atoms with Gasteiger partial charge in [0.15, 0.2) is 0 Å². The first kappa shape index (κ1) is 16.6. The first-order chi connectivity index (χ1) is 12.1. The van der Waals surface area contributed by atoms with Crippen LogP contribution in [-0.4, -0.2) is 6.54 Å². The maximum atomic E-state index is 9.30. The molecule has 0 spiro atoms. The second-order valence-corrected chi connectivity index (χ2v) is 6.21. The van der Waals surface area contributed by atoms with Gasteiger partial charge in [-0.3, -0.25) is 0 Å². The average Bonchev–Trinajstić information content (AvgIpc) is 2.71. The number of hydrogen-bond acceptors (Lipinski definition) is 3. The van der Waals surface area contributed by atoms with E-state index in [1.165, 1.54) is 16.7 Å². The van der Waals surface area contributed by atoms with E-state index in [0.29, 0.717) is 17.7 Å². The number of benzene rings is 2. The van der Waals surface area contributed by atoms with Gasteiger partial charge in [0.05, 0.1) is 23.3 Å². The Morgan fingerprint density at radius 2 is 1.52 bits per heavy atom. The number of anilines is 2. The van der Waals surface area contributed by atoms with Crippen LogP contribution in [0.1, 0.15) is 30.5 Å². The summed E-state index contributed by atoms with van der Waals surface area (Å²) in [5, 5.41) is 18.6. The van der Waals surface area contributed by atoms with Crippen LogP contribution in [0.3, 0.4) is 0 Å². The van der Waals surface area contributed by atoms with Crippen molar-refractivity contribution in [2.75, 3.05) is 11.4 Å². The van der Waals surface area contributed by atoms with Gasteiger partial charge in [-0.05, 0) is 50.1 Å². The molecule has 2 aromatic carbocycles. The molecule has 0 unspecified atom stereocenters. The van der Waals surface area contributed by atoms with Gasteiger partial charge < -0.3 is 4.90 Å². The van der Waals surface area contributed by atoms with Crippen molar-refractivity contribution in [2.45, 2.75) is 20.3 Å². The summed E-state index contributed by atoms with van der Waals surface area (Å²) in [6, 6.07) is 17.9. The van der Waals surface area contributed by atoms with E-state index >= 15 is 0 Å². The second kappa shape index (κ2) is 7.07. The molecule has 2 aromatic rings. The molecular weight excluding hydrogens is 306 g/mol. The molecule has 0 saturated heterocycles. The van der Waals surface area contributed by atoms with E-state index in [2.05, 4.69) is 55.2 Å². The smallest absolute Gasteiger partial charge is 0.0992 e. The van der Waals surface area contributed by atoms with E-state index in [1.807, 2.05) is 24.3 Å². The fraction of sp³-hybridized carbons (Fsp3) is 0.182. The Hall–Kier alpha value is -3.30. The predicted octanol–water partition coefficient (Wildman–Crippen LogP) is 5.02. The highest BCUT2D eigenvalue weighted by atomic mass is 15.1. The lowest BCUT2D eigenvalue weighted by Crippen LogP contribution is -2.19. The normalized spacial score (nSPS) is 14.0. The number of nitriles is 2. The fourth-order valence-corrected chi connectivity index (χ4v) is 3.00. The third kappa shape index (κ3) is 3.47. The van der Waals surface area contributed by atoms with Crippen molar-refractivity contribution in [3.05, 3.63) is 82.5 Å². The Morgan fingerprint density at radius 1 is 0.880 bits per heavy atom. The van der Waals surface area contributed by atoms with Crippen LogP contribution in [0.5, 0.6) is 0 Å². The lowest BCUT2D eigenvalue weighted by Gasteiger charge is -2.26. The lowest BCUT2D eigenvalue weighted by atomic mass is 10.0. The SMILES string of the molecule is CC1=CCc2ccccc2N(c2cc(C#N)cc(C#N)c2)CC=C1C. The van der Waals surface area contributed by atoms with Crippen LogP contribution >= 0.6 is 0 Å². The third-order valence-corrected chi connectivity index (χ3v) is 4.60. The van der Waals surface area contributed by atoms with Crippen LogP contribution in [0, 0.1) is 22.7 Å². The van der Waals surface area contributed by atoms with Crippen LogP contribution in [0.15, 0.2) is 65.8 Å². The zero-order chi connectivity index (χ0) is 17.8. The molecule has 3 rings (SSSR count). The summed E-state index contributed by atoms with van der Waals surface area (Å²) in [7, 11) is 0. The maximum absolute atomic E-state index is 9.30. The molecule has 122 valence electrons. The number of para-hydroxylation sites is 1. The van der Waals surface area contributed by atoms with E-state index in [1.54, 1.807) is 6.07 Å². The lowest BCUT2D eigenvalue weighted by molar-refractivity contribution is 1.07. The Bertz CT molecular complexity index is 920. The molecule has 0 aromatic heterocycles. The summed E-state index contributed by atoms with van der Waals surface area (Å²) in [4.78, 5) is 2.17. The summed E-state index contributed by atoms with van der Waals surface area (Å²) in [6.07, 6.45) is 5.30. The van der Waals surface area contributed by atoms with E-state index in [-0.39, 0.29) is 0 Å². The molecule has 0 N–H and O–H groups in total. The average molecular weight is 325 g/mol. The van der Waals surface area contributed by atoms with Gasteiger partial charge in [-0.2, -0.15) is 10.5 Å². The number of hydrogen-bond donors (Lipinski definition) is 0. The summed E-state index contributed by atoms with van der Waals surface area (Å²) in [5.41, 5.74) is 6.73. The summed E-state index contributed by atoms with van der Waals surface area (Å²) >= 11 is 0. The predicted molar refractivity (Wildman–Crippen MR) is 101 cm³/mol. The van der Waals surface area contributed by atoms with E-state index in [0.717, 1.165) is 17.8 Å². The van der Waals surface area contributed by atoms with Crippen molar-refractivity contribution in [3.63, 3.8) is 0 Å². The Kier molecular flexibility index (Phi) is 4.68. The van der Waals surface area contributed by atoms with E-state index in [9.17, 15) is 10.5 Å². The molecule has 0 amide bonds. The van der Waals surface area contributed by atoms with Crippen molar-refractivity contribution in [3.8, 4) is 12.1 Å². The Labute approximate surface area is 148 Å². The molecule has 3 nitrogen and oxygen atoms in total. The van der Waals surface area contributed by atoms with Crippen molar-refractivity contribution < 1.29 is 0 Å². The number of nitrogens with zero attached hydrogens (tertiary/aromatic N) is 3. The Morgan fingerprint density at radius 3 is 2.20 bits per heavy atom. The molecule has 25 heavy (non-hydrogen) atoms. The fourth-order valence-electron chi connectivity index (χ4n) is 3.00. The van der Waals surface area contributed by atoms with Gasteiger partial charge in [0.2, 0.25) is 0 Å². The number of rotatable bonds is 1.